The number of methoxy groups -OCH3 is 1. The lowest BCUT2D eigenvalue weighted by Gasteiger charge is -2.27. The summed E-state index contributed by atoms with van der Waals surface area (Å²) in [4.78, 5) is 11.8. The maximum absolute atomic E-state index is 11.8. The third-order valence-corrected chi connectivity index (χ3v) is 2.85. The van der Waals surface area contributed by atoms with Crippen molar-refractivity contribution >= 4 is 5.97 Å². The van der Waals surface area contributed by atoms with Gasteiger partial charge in [-0.3, -0.25) is 5.32 Å². The molecule has 0 heterocycles. The van der Waals surface area contributed by atoms with Crippen molar-refractivity contribution in [1.82, 2.24) is 5.32 Å². The van der Waals surface area contributed by atoms with E-state index in [-0.39, 0.29) is 12.6 Å². The number of likely N-dealkylation sites (N-methyl/N-ethyl adjacent to an activating group) is 1. The van der Waals surface area contributed by atoms with E-state index in [9.17, 15) is 4.79 Å². The van der Waals surface area contributed by atoms with Crippen LogP contribution < -0.4 is 14.8 Å². The zero-order valence-electron chi connectivity index (χ0n) is 12.6. The zero-order chi connectivity index (χ0) is 15.0. The topological polar surface area (TPSA) is 56.8 Å². The van der Waals surface area contributed by atoms with Gasteiger partial charge in [0.05, 0.1) is 13.7 Å². The van der Waals surface area contributed by atoms with Gasteiger partial charge in [0.2, 0.25) is 0 Å². The summed E-state index contributed by atoms with van der Waals surface area (Å²) in [6, 6.07) is 7.34. The molecule has 1 N–H and O–H groups in total. The normalized spacial score (nSPS) is 13.4. The molecule has 112 valence electrons. The van der Waals surface area contributed by atoms with Gasteiger partial charge in [0, 0.05) is 6.07 Å². The Morgan fingerprint density at radius 1 is 1.25 bits per heavy atom. The maximum atomic E-state index is 11.8. The second kappa shape index (κ2) is 7.75. The first kappa shape index (κ1) is 16.3. The Bertz CT molecular complexity index is 436. The molecule has 1 aromatic carbocycles. The van der Waals surface area contributed by atoms with Gasteiger partial charge in [0.25, 0.3) is 0 Å². The summed E-state index contributed by atoms with van der Waals surface area (Å²) in [7, 11) is 1.37. The number of hydrogen-bond donors (Lipinski definition) is 1. The maximum Gasteiger partial charge on any atom is 0.329 e. The first-order chi connectivity index (χ1) is 9.55. The largest absolute Gasteiger partial charge is 0.494 e. The van der Waals surface area contributed by atoms with Crippen LogP contribution in [0.25, 0.3) is 0 Å². The van der Waals surface area contributed by atoms with Gasteiger partial charge in [-0.1, -0.05) is 13.0 Å². The molecule has 0 aromatic heterocycles. The molecule has 0 spiro atoms. The highest BCUT2D eigenvalue weighted by Crippen LogP contribution is 2.20. The molecule has 0 aliphatic rings. The van der Waals surface area contributed by atoms with E-state index >= 15 is 0 Å². The van der Waals surface area contributed by atoms with Crippen LogP contribution in [0, 0.1) is 0 Å². The van der Waals surface area contributed by atoms with Gasteiger partial charge in [0.15, 0.2) is 0 Å². The fourth-order valence-electron chi connectivity index (χ4n) is 1.85. The minimum absolute atomic E-state index is 0.184. The minimum atomic E-state index is -0.870. The van der Waals surface area contributed by atoms with E-state index in [4.69, 9.17) is 14.2 Å². The third kappa shape index (κ3) is 4.42. The van der Waals surface area contributed by atoms with Crippen molar-refractivity contribution in [2.75, 3.05) is 26.9 Å². The first-order valence-corrected chi connectivity index (χ1v) is 6.74. The fourth-order valence-corrected chi connectivity index (χ4v) is 1.85. The summed E-state index contributed by atoms with van der Waals surface area (Å²) >= 11 is 0. The van der Waals surface area contributed by atoms with Crippen LogP contribution in [0.5, 0.6) is 11.5 Å². The van der Waals surface area contributed by atoms with Crippen LogP contribution in [-0.4, -0.2) is 38.4 Å². The Morgan fingerprint density at radius 2 is 1.90 bits per heavy atom. The first-order valence-electron chi connectivity index (χ1n) is 6.74. The molecule has 0 aliphatic heterocycles. The molecule has 0 aliphatic carbocycles. The highest BCUT2D eigenvalue weighted by atomic mass is 16.5. The molecule has 20 heavy (non-hydrogen) atoms. The molecular weight excluding hydrogens is 258 g/mol. The molecule has 5 nitrogen and oxygen atoms in total. The number of ether oxygens (including phenoxy) is 3. The lowest BCUT2D eigenvalue weighted by molar-refractivity contribution is -0.149. The number of esters is 1. The van der Waals surface area contributed by atoms with E-state index in [2.05, 4.69) is 5.32 Å². The second-order valence-electron chi connectivity index (χ2n) is 4.55. The highest BCUT2D eigenvalue weighted by Gasteiger charge is 2.34. The van der Waals surface area contributed by atoms with Gasteiger partial charge >= 0.3 is 5.97 Å². The van der Waals surface area contributed by atoms with E-state index in [0.29, 0.717) is 18.9 Å². The van der Waals surface area contributed by atoms with Crippen LogP contribution in [0.3, 0.4) is 0 Å². The molecule has 5 heteroatoms. The van der Waals surface area contributed by atoms with Gasteiger partial charge < -0.3 is 14.2 Å². The Kier molecular flexibility index (Phi) is 6.31. The molecule has 0 saturated heterocycles. The highest BCUT2D eigenvalue weighted by molar-refractivity contribution is 5.80. The lowest BCUT2D eigenvalue weighted by Crippen LogP contribution is -2.54. The fraction of sp³-hybridized carbons (Fsp3) is 0.533. The average molecular weight is 281 g/mol. The Labute approximate surface area is 120 Å². The van der Waals surface area contributed by atoms with Crippen LogP contribution in [-0.2, 0) is 9.53 Å². The zero-order valence-corrected chi connectivity index (χ0v) is 12.6. The Balaban J connectivity index is 2.72. The van der Waals surface area contributed by atoms with Crippen LogP contribution in [0.15, 0.2) is 24.3 Å². The number of benzene rings is 1. The molecule has 0 fully saturated rings. The van der Waals surface area contributed by atoms with Crippen LogP contribution in [0.2, 0.25) is 0 Å². The summed E-state index contributed by atoms with van der Waals surface area (Å²) in [6.45, 7) is 7.04. The van der Waals surface area contributed by atoms with Crippen molar-refractivity contribution in [2.24, 2.45) is 0 Å². The summed E-state index contributed by atoms with van der Waals surface area (Å²) in [5, 5.41) is 3.09. The van der Waals surface area contributed by atoms with E-state index in [1.54, 1.807) is 13.0 Å². The summed E-state index contributed by atoms with van der Waals surface area (Å²) < 4.78 is 15.9. The summed E-state index contributed by atoms with van der Waals surface area (Å²) in [6.07, 6.45) is 0. The Morgan fingerprint density at radius 3 is 2.45 bits per heavy atom. The molecule has 0 saturated carbocycles. The van der Waals surface area contributed by atoms with E-state index in [1.165, 1.54) is 7.11 Å². The Hall–Kier alpha value is -1.75. The molecular formula is C15H23NO4. The second-order valence-corrected chi connectivity index (χ2v) is 4.55. The predicted molar refractivity (Wildman–Crippen MR) is 77.2 cm³/mol. The number of carbonyl (C=O) groups excluding carboxylic acids is 1. The SMILES string of the molecule is CCNC(C)(COc1cccc(OCC)c1)C(=O)OC. The van der Waals surface area contributed by atoms with E-state index in [1.807, 2.05) is 32.0 Å². The van der Waals surface area contributed by atoms with Crippen molar-refractivity contribution in [2.45, 2.75) is 26.3 Å². The molecule has 1 atom stereocenters. The van der Waals surface area contributed by atoms with Crippen LogP contribution in [0.1, 0.15) is 20.8 Å². The number of hydrogen-bond acceptors (Lipinski definition) is 5. The van der Waals surface area contributed by atoms with E-state index < -0.39 is 5.54 Å². The smallest absolute Gasteiger partial charge is 0.329 e. The molecule has 1 rings (SSSR count). The van der Waals surface area contributed by atoms with Crippen molar-refractivity contribution in [3.63, 3.8) is 0 Å². The molecule has 1 aromatic rings. The molecule has 1 unspecified atom stereocenters. The number of carbonyl (C=O) groups is 1. The average Bonchev–Trinajstić information content (AvgIpc) is 2.45. The molecule has 0 radical (unpaired) electrons. The lowest BCUT2D eigenvalue weighted by atomic mass is 10.0. The van der Waals surface area contributed by atoms with Gasteiger partial charge in [-0.15, -0.1) is 0 Å². The predicted octanol–water partition coefficient (Wildman–Crippen LogP) is 2.01. The van der Waals surface area contributed by atoms with Gasteiger partial charge in [-0.05, 0) is 32.5 Å². The third-order valence-electron chi connectivity index (χ3n) is 2.85. The van der Waals surface area contributed by atoms with Crippen molar-refractivity contribution in [1.29, 1.82) is 0 Å². The summed E-state index contributed by atoms with van der Waals surface area (Å²) in [5.74, 6) is 1.05. The molecule has 0 amide bonds. The van der Waals surface area contributed by atoms with Gasteiger partial charge in [0.1, 0.15) is 23.6 Å². The van der Waals surface area contributed by atoms with Crippen molar-refractivity contribution in [3.05, 3.63) is 24.3 Å². The van der Waals surface area contributed by atoms with Crippen molar-refractivity contribution in [3.8, 4) is 11.5 Å². The number of rotatable bonds is 8. The minimum Gasteiger partial charge on any atom is -0.494 e. The molecule has 0 bridgehead atoms. The summed E-state index contributed by atoms with van der Waals surface area (Å²) in [5.41, 5.74) is -0.870. The van der Waals surface area contributed by atoms with Crippen LogP contribution in [0.4, 0.5) is 0 Å². The standard InChI is InChI=1S/C15H23NO4/c1-5-16-15(3,14(17)18-4)11-20-13-9-7-8-12(10-13)19-6-2/h7-10,16H,5-6,11H2,1-4H3. The quantitative estimate of drug-likeness (QED) is 0.739. The van der Waals surface area contributed by atoms with Gasteiger partial charge in [-0.2, -0.15) is 0 Å². The van der Waals surface area contributed by atoms with Gasteiger partial charge in [-0.25, -0.2) is 4.79 Å². The van der Waals surface area contributed by atoms with Crippen LogP contribution >= 0.6 is 0 Å². The monoisotopic (exact) mass is 281 g/mol. The number of nitrogens with one attached hydrogen (secondary N) is 1. The van der Waals surface area contributed by atoms with Crippen molar-refractivity contribution < 1.29 is 19.0 Å². The van der Waals surface area contributed by atoms with E-state index in [0.717, 1.165) is 5.75 Å².